The van der Waals surface area contributed by atoms with Crippen LogP contribution in [-0.2, 0) is 39.4 Å². The molecule has 0 nitrogen and oxygen atoms in total. The zero-order valence-electron chi connectivity index (χ0n) is 1.60. The summed E-state index contributed by atoms with van der Waals surface area (Å²) in [5.74, 6) is 0. The van der Waals surface area contributed by atoms with Crippen molar-refractivity contribution in [2.24, 2.45) is 0 Å². The normalized spacial score (nSPS) is 0. The van der Waals surface area contributed by atoms with Crippen LogP contribution in [0.25, 0.3) is 0 Å². The molecule has 0 rings (SSSR count). The summed E-state index contributed by atoms with van der Waals surface area (Å²) in [5, 5.41) is 0. The van der Waals surface area contributed by atoms with E-state index in [9.17, 15) is 0 Å². The average molecular weight is 498 g/mol. The molecule has 0 N–H and O–H groups in total. The van der Waals surface area contributed by atoms with Gasteiger partial charge in [0.25, 0.3) is 0 Å². The van der Waals surface area contributed by atoms with E-state index >= 15 is 0 Å². The SMILES string of the molecule is [Au].[Cu].[Sn].[Sn]. The van der Waals surface area contributed by atoms with E-state index in [-0.39, 0.29) is 87.3 Å². The van der Waals surface area contributed by atoms with Crippen LogP contribution in [0.1, 0.15) is 0 Å². The van der Waals surface area contributed by atoms with Gasteiger partial charge < -0.3 is 0 Å². The van der Waals surface area contributed by atoms with E-state index in [0.717, 1.165) is 0 Å². The summed E-state index contributed by atoms with van der Waals surface area (Å²) in [5.41, 5.74) is 0. The molecule has 0 aliphatic rings. The van der Waals surface area contributed by atoms with Gasteiger partial charge in [-0.3, -0.25) is 0 Å². The zero-order valence-corrected chi connectivity index (χ0v) is 10.4. The van der Waals surface area contributed by atoms with Gasteiger partial charge in [-0.05, 0) is 0 Å². The van der Waals surface area contributed by atoms with Crippen LogP contribution in [0, 0.1) is 0 Å². The van der Waals surface area contributed by atoms with Crippen LogP contribution in [0.15, 0.2) is 0 Å². The first-order valence-electron chi connectivity index (χ1n) is 0. The standard InChI is InChI=1S/Au.Cu.2Sn. The molecule has 4 heteroatoms. The molecule has 0 aromatic heterocycles. The van der Waals surface area contributed by atoms with Crippen LogP contribution in [0.3, 0.4) is 0 Å². The Morgan fingerprint density at radius 3 is 0.750 bits per heavy atom. The third-order valence-corrected chi connectivity index (χ3v) is 0. The van der Waals surface area contributed by atoms with Crippen molar-refractivity contribution in [3.8, 4) is 0 Å². The molecule has 0 saturated carbocycles. The van der Waals surface area contributed by atoms with Gasteiger partial charge in [0.15, 0.2) is 0 Å². The molecule has 0 aliphatic carbocycles. The fourth-order valence-corrected chi connectivity index (χ4v) is 0. The zero-order chi connectivity index (χ0) is 0. The van der Waals surface area contributed by atoms with Crippen molar-refractivity contribution in [1.82, 2.24) is 0 Å². The molecule has 0 spiro atoms. The van der Waals surface area contributed by atoms with Gasteiger partial charge in [0.1, 0.15) is 0 Å². The summed E-state index contributed by atoms with van der Waals surface area (Å²) >= 11 is 0. The van der Waals surface area contributed by atoms with Gasteiger partial charge in [-0.15, -0.1) is 0 Å². The molecular weight excluding hydrogens is 498 g/mol. The average Bonchev–Trinajstić information content (AvgIpc) is 0. The van der Waals surface area contributed by atoms with Crippen molar-refractivity contribution in [2.45, 2.75) is 0 Å². The molecule has 0 atom stereocenters. The van der Waals surface area contributed by atoms with E-state index in [1.807, 2.05) is 0 Å². The van der Waals surface area contributed by atoms with Crippen molar-refractivity contribution in [1.29, 1.82) is 0 Å². The van der Waals surface area contributed by atoms with Crippen molar-refractivity contribution in [3.05, 3.63) is 0 Å². The summed E-state index contributed by atoms with van der Waals surface area (Å²) in [7, 11) is 0. The molecule has 10 radical (unpaired) electrons. The topological polar surface area (TPSA) is 0 Å². The first-order chi connectivity index (χ1) is 0. The Morgan fingerprint density at radius 1 is 0.750 bits per heavy atom. The molecule has 30 valence electrons. The smallest absolute Gasteiger partial charge is 0 e. The van der Waals surface area contributed by atoms with Crippen LogP contribution < -0.4 is 0 Å². The molecule has 0 aliphatic heterocycles. The largest absolute Gasteiger partial charge is 0 e. The van der Waals surface area contributed by atoms with Crippen molar-refractivity contribution in [2.75, 3.05) is 0 Å². The van der Waals surface area contributed by atoms with Gasteiger partial charge >= 0.3 is 0 Å². The maximum atomic E-state index is 0. The Morgan fingerprint density at radius 2 is 0.750 bits per heavy atom. The first kappa shape index (κ1) is 28.8. The Bertz CT molecular complexity index is 6.00. The minimum absolute atomic E-state index is 0. The Hall–Kier alpha value is 2.86. The maximum Gasteiger partial charge on any atom is 0 e. The molecule has 0 unspecified atom stereocenters. The van der Waals surface area contributed by atoms with Gasteiger partial charge in [-0.25, -0.2) is 0 Å². The minimum Gasteiger partial charge on any atom is 0 e. The minimum atomic E-state index is 0. The van der Waals surface area contributed by atoms with Crippen LogP contribution in [-0.4, -0.2) is 47.8 Å². The first-order valence-corrected chi connectivity index (χ1v) is 0. The number of hydrogen-bond donors (Lipinski definition) is 0. The summed E-state index contributed by atoms with van der Waals surface area (Å²) in [6.45, 7) is 0. The van der Waals surface area contributed by atoms with E-state index < -0.39 is 0 Å². The molecule has 0 amide bonds. The van der Waals surface area contributed by atoms with Crippen LogP contribution in [0.5, 0.6) is 0 Å². The summed E-state index contributed by atoms with van der Waals surface area (Å²) in [6, 6.07) is 0. The number of rotatable bonds is 0. The molecule has 4 heavy (non-hydrogen) atoms. The second kappa shape index (κ2) is 16.9. The number of hydrogen-bond acceptors (Lipinski definition) is 0. The Balaban J connectivity index is 0. The molecule has 0 aromatic rings. The molecular formula is AuCuSn2. The van der Waals surface area contributed by atoms with E-state index in [1.165, 1.54) is 0 Å². The third-order valence-electron chi connectivity index (χ3n) is 0. The molecule has 0 aromatic carbocycles. The Labute approximate surface area is 85.8 Å². The molecule has 0 heterocycles. The Kier molecular flexibility index (Phi) is 122. The molecule has 0 saturated heterocycles. The molecule has 0 bridgehead atoms. The van der Waals surface area contributed by atoms with Crippen LogP contribution >= 0.6 is 0 Å². The summed E-state index contributed by atoms with van der Waals surface area (Å²) < 4.78 is 0. The van der Waals surface area contributed by atoms with E-state index in [4.69, 9.17) is 0 Å². The summed E-state index contributed by atoms with van der Waals surface area (Å²) in [4.78, 5) is 0. The van der Waals surface area contributed by atoms with Crippen molar-refractivity contribution >= 4 is 47.8 Å². The monoisotopic (exact) mass is 500 g/mol. The quantitative estimate of drug-likeness (QED) is 0.386. The van der Waals surface area contributed by atoms with Gasteiger partial charge in [-0.2, -0.15) is 0 Å². The van der Waals surface area contributed by atoms with Gasteiger partial charge in [0.05, 0.1) is 0 Å². The predicted molar refractivity (Wildman–Crippen MR) is 11.5 cm³/mol. The van der Waals surface area contributed by atoms with Crippen LogP contribution in [0.2, 0.25) is 0 Å². The van der Waals surface area contributed by atoms with E-state index in [2.05, 4.69) is 0 Å². The van der Waals surface area contributed by atoms with E-state index in [0.29, 0.717) is 0 Å². The van der Waals surface area contributed by atoms with Gasteiger partial charge in [0, 0.05) is 87.3 Å². The van der Waals surface area contributed by atoms with Gasteiger partial charge in [-0.1, -0.05) is 0 Å². The fraction of sp³-hybridized carbons (Fsp3) is 0. The van der Waals surface area contributed by atoms with Crippen molar-refractivity contribution < 1.29 is 39.4 Å². The van der Waals surface area contributed by atoms with E-state index in [1.54, 1.807) is 0 Å². The second-order valence-electron chi connectivity index (χ2n) is 0. The predicted octanol–water partition coefficient (Wildman–Crippen LogP) is -0.767. The van der Waals surface area contributed by atoms with Crippen molar-refractivity contribution in [3.63, 3.8) is 0 Å². The maximum absolute atomic E-state index is 0. The van der Waals surface area contributed by atoms with Crippen LogP contribution in [0.4, 0.5) is 0 Å². The fourth-order valence-electron chi connectivity index (χ4n) is 0. The van der Waals surface area contributed by atoms with Gasteiger partial charge in [0.2, 0.25) is 0 Å². The third kappa shape index (κ3) is 8.85. The second-order valence-corrected chi connectivity index (χ2v) is 0. The molecule has 0 fully saturated rings. The summed E-state index contributed by atoms with van der Waals surface area (Å²) in [6.07, 6.45) is 0.